The second kappa shape index (κ2) is 6.78. The van der Waals surface area contributed by atoms with E-state index in [0.29, 0.717) is 28.8 Å². The molecule has 0 saturated heterocycles. The van der Waals surface area contributed by atoms with Gasteiger partial charge in [0, 0.05) is 16.8 Å². The van der Waals surface area contributed by atoms with Gasteiger partial charge in [-0.15, -0.1) is 11.3 Å². The fourth-order valence-corrected chi connectivity index (χ4v) is 3.28. The highest BCUT2D eigenvalue weighted by atomic mass is 35.5. The molecule has 0 aliphatic carbocycles. The van der Waals surface area contributed by atoms with Crippen LogP contribution < -0.4 is 14.8 Å². The molecule has 0 bridgehead atoms. The van der Waals surface area contributed by atoms with Crippen molar-refractivity contribution in [1.29, 1.82) is 0 Å². The second-order valence-electron chi connectivity index (χ2n) is 5.42. The lowest BCUT2D eigenvalue weighted by Crippen LogP contribution is -1.99. The number of fused-ring (bicyclic) bond motifs is 1. The zero-order chi connectivity index (χ0) is 17.3. The van der Waals surface area contributed by atoms with Crippen molar-refractivity contribution in [2.75, 3.05) is 19.5 Å². The van der Waals surface area contributed by atoms with Gasteiger partial charge < -0.3 is 14.8 Å². The van der Waals surface area contributed by atoms with Crippen molar-refractivity contribution < 1.29 is 9.47 Å². The molecule has 0 aliphatic heterocycles. The summed E-state index contributed by atoms with van der Waals surface area (Å²) in [5.74, 6) is 2.13. The van der Waals surface area contributed by atoms with Crippen molar-refractivity contribution in [3.63, 3.8) is 0 Å². The molecule has 1 N–H and O–H groups in total. The largest absolute Gasteiger partial charge is 0.493 e. The smallest absolute Gasteiger partial charge is 0.224 e. The third kappa shape index (κ3) is 3.22. The number of hydrogen-bond donors (Lipinski definition) is 1. The van der Waals surface area contributed by atoms with E-state index < -0.39 is 0 Å². The van der Waals surface area contributed by atoms with E-state index in [1.54, 1.807) is 20.3 Å². The van der Waals surface area contributed by atoms with Crippen LogP contribution in [-0.4, -0.2) is 29.2 Å². The molecule has 126 valence electrons. The van der Waals surface area contributed by atoms with Crippen LogP contribution in [0.4, 0.5) is 10.9 Å². The summed E-state index contributed by atoms with van der Waals surface area (Å²) >= 11 is 7.59. The summed E-state index contributed by atoms with van der Waals surface area (Å²) in [5.41, 5.74) is 1.70. The number of benzene rings is 1. The van der Waals surface area contributed by atoms with Crippen molar-refractivity contribution in [2.45, 2.75) is 19.8 Å². The molecule has 0 aliphatic rings. The molecule has 8 heteroatoms. The Bertz CT molecular complexity index is 882. The minimum atomic E-state index is 0.151. The molecule has 3 aromatic rings. The number of thiazole rings is 1. The average Bonchev–Trinajstić information content (AvgIpc) is 3.02. The van der Waals surface area contributed by atoms with Crippen molar-refractivity contribution in [2.24, 2.45) is 0 Å². The van der Waals surface area contributed by atoms with Gasteiger partial charge in [0.05, 0.1) is 25.4 Å². The monoisotopic (exact) mass is 364 g/mol. The van der Waals surface area contributed by atoms with Gasteiger partial charge >= 0.3 is 0 Å². The summed E-state index contributed by atoms with van der Waals surface area (Å²) in [4.78, 5) is 13.1. The number of nitrogens with zero attached hydrogens (tertiary/aromatic N) is 3. The first-order chi connectivity index (χ1) is 11.5. The van der Waals surface area contributed by atoms with Gasteiger partial charge in [-0.25, -0.2) is 9.97 Å². The average molecular weight is 365 g/mol. The summed E-state index contributed by atoms with van der Waals surface area (Å²) in [7, 11) is 3.16. The molecular weight excluding hydrogens is 348 g/mol. The van der Waals surface area contributed by atoms with Crippen LogP contribution in [0, 0.1) is 0 Å². The maximum atomic E-state index is 6.06. The third-order valence-corrected chi connectivity index (χ3v) is 4.46. The Morgan fingerprint density at radius 1 is 1.08 bits per heavy atom. The van der Waals surface area contributed by atoms with Crippen LogP contribution >= 0.6 is 22.9 Å². The summed E-state index contributed by atoms with van der Waals surface area (Å²) in [6.45, 7) is 4.21. The number of nitrogens with one attached hydrogen (secondary N) is 1. The molecule has 0 radical (unpaired) electrons. The minimum absolute atomic E-state index is 0.151. The van der Waals surface area contributed by atoms with E-state index in [-0.39, 0.29) is 5.28 Å². The minimum Gasteiger partial charge on any atom is -0.493 e. The van der Waals surface area contributed by atoms with Gasteiger partial charge in [0.1, 0.15) is 5.82 Å². The highest BCUT2D eigenvalue weighted by molar-refractivity contribution is 7.13. The Morgan fingerprint density at radius 2 is 1.79 bits per heavy atom. The number of methoxy groups -OCH3 is 2. The molecule has 0 unspecified atom stereocenters. The lowest BCUT2D eigenvalue weighted by atomic mass is 10.2. The molecule has 0 fully saturated rings. The fraction of sp³-hybridized carbons (Fsp3) is 0.312. The maximum Gasteiger partial charge on any atom is 0.224 e. The highest BCUT2D eigenvalue weighted by Gasteiger charge is 2.14. The topological polar surface area (TPSA) is 69.2 Å². The number of aromatic nitrogens is 3. The van der Waals surface area contributed by atoms with Crippen molar-refractivity contribution in [1.82, 2.24) is 15.0 Å². The quantitative estimate of drug-likeness (QED) is 0.666. The molecule has 0 saturated carbocycles. The number of anilines is 2. The molecule has 2 heterocycles. The Labute approximate surface area is 148 Å². The zero-order valence-electron chi connectivity index (χ0n) is 13.8. The van der Waals surface area contributed by atoms with Crippen LogP contribution in [-0.2, 0) is 0 Å². The summed E-state index contributed by atoms with van der Waals surface area (Å²) in [5, 5.41) is 6.94. The van der Waals surface area contributed by atoms with E-state index in [1.807, 2.05) is 11.4 Å². The van der Waals surface area contributed by atoms with Gasteiger partial charge in [-0.2, -0.15) is 4.98 Å². The van der Waals surface area contributed by atoms with Crippen LogP contribution in [0.3, 0.4) is 0 Å². The third-order valence-electron chi connectivity index (χ3n) is 3.51. The fourth-order valence-electron chi connectivity index (χ4n) is 2.23. The van der Waals surface area contributed by atoms with E-state index in [0.717, 1.165) is 16.2 Å². The van der Waals surface area contributed by atoms with Crippen molar-refractivity contribution in [3.8, 4) is 11.5 Å². The molecule has 2 aromatic heterocycles. The molecule has 1 aromatic carbocycles. The van der Waals surface area contributed by atoms with Crippen LogP contribution in [0.5, 0.6) is 11.5 Å². The van der Waals surface area contributed by atoms with Gasteiger partial charge in [0.2, 0.25) is 5.28 Å². The van der Waals surface area contributed by atoms with E-state index in [4.69, 9.17) is 21.1 Å². The van der Waals surface area contributed by atoms with E-state index >= 15 is 0 Å². The number of hydrogen-bond acceptors (Lipinski definition) is 7. The van der Waals surface area contributed by atoms with Crippen LogP contribution in [0.15, 0.2) is 17.5 Å². The molecule has 0 spiro atoms. The second-order valence-corrected chi connectivity index (χ2v) is 6.62. The predicted molar refractivity (Wildman–Crippen MR) is 97.1 cm³/mol. The van der Waals surface area contributed by atoms with Gasteiger partial charge in [0.25, 0.3) is 0 Å². The Balaban J connectivity index is 2.08. The standard InChI is InChI=1S/C16H17ClN4O2S/c1-8(2)11-7-24-16(19-11)21-14-9-5-12(22-3)13(23-4)6-10(9)18-15(17)20-14/h5-8H,1-4H3,(H,18,19,20,21). The Morgan fingerprint density at radius 3 is 2.42 bits per heavy atom. The van der Waals surface area contributed by atoms with Crippen LogP contribution in [0.1, 0.15) is 25.5 Å². The molecule has 0 amide bonds. The normalized spacial score (nSPS) is 11.1. The predicted octanol–water partition coefficient (Wildman–Crippen LogP) is 4.62. The van der Waals surface area contributed by atoms with Crippen LogP contribution in [0.2, 0.25) is 5.28 Å². The summed E-state index contributed by atoms with van der Waals surface area (Å²) < 4.78 is 10.7. The van der Waals surface area contributed by atoms with E-state index in [2.05, 4.69) is 34.1 Å². The number of rotatable bonds is 5. The molecule has 0 atom stereocenters. The van der Waals surface area contributed by atoms with Crippen LogP contribution in [0.25, 0.3) is 10.9 Å². The van der Waals surface area contributed by atoms with Gasteiger partial charge in [0.15, 0.2) is 16.6 Å². The lowest BCUT2D eigenvalue weighted by Gasteiger charge is -2.11. The zero-order valence-corrected chi connectivity index (χ0v) is 15.3. The number of ether oxygens (including phenoxy) is 2. The maximum absolute atomic E-state index is 6.06. The van der Waals surface area contributed by atoms with E-state index in [1.165, 1.54) is 11.3 Å². The van der Waals surface area contributed by atoms with Crippen molar-refractivity contribution in [3.05, 3.63) is 28.5 Å². The molecule has 3 rings (SSSR count). The first kappa shape index (κ1) is 16.7. The van der Waals surface area contributed by atoms with E-state index in [9.17, 15) is 0 Å². The first-order valence-corrected chi connectivity index (χ1v) is 8.59. The van der Waals surface area contributed by atoms with Crippen molar-refractivity contribution >= 4 is 44.8 Å². The van der Waals surface area contributed by atoms with Gasteiger partial charge in [-0.3, -0.25) is 0 Å². The van der Waals surface area contributed by atoms with Gasteiger partial charge in [-0.05, 0) is 23.6 Å². The molecular formula is C16H17ClN4O2S. The number of halogens is 1. The SMILES string of the molecule is COc1cc2nc(Cl)nc(Nc3nc(C(C)C)cs3)c2cc1OC. The first-order valence-electron chi connectivity index (χ1n) is 7.33. The summed E-state index contributed by atoms with van der Waals surface area (Å²) in [6.07, 6.45) is 0. The Kier molecular flexibility index (Phi) is 4.73. The Hall–Kier alpha value is -2.12. The molecule has 24 heavy (non-hydrogen) atoms. The summed E-state index contributed by atoms with van der Waals surface area (Å²) in [6, 6.07) is 3.60. The lowest BCUT2D eigenvalue weighted by molar-refractivity contribution is 0.356. The molecule has 6 nitrogen and oxygen atoms in total. The highest BCUT2D eigenvalue weighted by Crippen LogP contribution is 2.36. The van der Waals surface area contributed by atoms with Gasteiger partial charge in [-0.1, -0.05) is 13.8 Å².